The Morgan fingerprint density at radius 3 is 3.00 bits per heavy atom. The van der Waals surface area contributed by atoms with Crippen molar-refractivity contribution >= 4 is 34.4 Å². The molecule has 0 atom stereocenters. The Bertz CT molecular complexity index is 441. The first-order chi connectivity index (χ1) is 6.85. The number of benzene rings is 1. The largest absolute Gasteiger partial charge is 0.450 e. The van der Waals surface area contributed by atoms with Crippen LogP contribution in [0.2, 0.25) is 0 Å². The van der Waals surface area contributed by atoms with Crippen LogP contribution in [0.3, 0.4) is 0 Å². The molecule has 4 heteroatoms. The van der Waals surface area contributed by atoms with Crippen molar-refractivity contribution in [3.05, 3.63) is 29.1 Å². The first-order valence-corrected chi connectivity index (χ1v) is 5.40. The first kappa shape index (κ1) is 9.71. The van der Waals surface area contributed by atoms with Crippen molar-refractivity contribution in [3.8, 4) is 0 Å². The molecule has 1 aromatic heterocycles. The molecule has 71 valence electrons. The van der Waals surface area contributed by atoms with Crippen LogP contribution in [0, 0.1) is 0 Å². The minimum absolute atomic E-state index is 0.680. The fourth-order valence-corrected chi connectivity index (χ4v) is 2.57. The number of hydrogen-bond donors (Lipinski definition) is 2. The highest BCUT2D eigenvalue weighted by Gasteiger charge is 2.04. The molecule has 1 aromatic carbocycles. The average molecular weight is 204 g/mol. The van der Waals surface area contributed by atoms with E-state index in [0.717, 1.165) is 19.4 Å². The molecule has 0 aliphatic heterocycles. The first-order valence-electron chi connectivity index (χ1n) is 4.53. The van der Waals surface area contributed by atoms with E-state index in [1.807, 2.05) is 18.2 Å². The van der Waals surface area contributed by atoms with Crippen LogP contribution >= 0.6 is 11.3 Å². The maximum absolute atomic E-state index is 8.87. The molecule has 3 N–H and O–H groups in total. The van der Waals surface area contributed by atoms with Gasteiger partial charge in [0.1, 0.15) is 0 Å². The zero-order valence-electron chi connectivity index (χ0n) is 7.73. The van der Waals surface area contributed by atoms with Crippen LogP contribution in [-0.4, -0.2) is 19.1 Å². The third kappa shape index (κ3) is 1.69. The van der Waals surface area contributed by atoms with E-state index in [-0.39, 0.29) is 0 Å². The molecule has 0 bridgehead atoms. The van der Waals surface area contributed by atoms with Gasteiger partial charge in [0.15, 0.2) is 0 Å². The number of rotatable bonds is 3. The van der Waals surface area contributed by atoms with Crippen molar-refractivity contribution in [2.75, 3.05) is 6.54 Å². The van der Waals surface area contributed by atoms with Gasteiger partial charge < -0.3 is 10.8 Å². The second kappa shape index (κ2) is 4.13. The van der Waals surface area contributed by atoms with Crippen LogP contribution in [-0.2, 0) is 6.42 Å². The van der Waals surface area contributed by atoms with Gasteiger partial charge in [-0.15, -0.1) is 11.3 Å². The van der Waals surface area contributed by atoms with Crippen molar-refractivity contribution < 1.29 is 5.02 Å². The van der Waals surface area contributed by atoms with Gasteiger partial charge in [0.05, 0.1) is 0 Å². The van der Waals surface area contributed by atoms with E-state index in [2.05, 4.69) is 5.38 Å². The molecule has 0 saturated heterocycles. The van der Waals surface area contributed by atoms with Crippen molar-refractivity contribution in [2.24, 2.45) is 5.73 Å². The summed E-state index contributed by atoms with van der Waals surface area (Å²) >= 11 is 1.70. The fourth-order valence-electron chi connectivity index (χ4n) is 1.53. The monoisotopic (exact) mass is 204 g/mol. The summed E-state index contributed by atoms with van der Waals surface area (Å²) in [5.74, 6) is 0. The smallest absolute Gasteiger partial charge is 0.326 e. The molecule has 1 radical (unpaired) electrons. The number of nitrogens with two attached hydrogens (primary N) is 1. The molecule has 2 aromatic rings. The number of fused-ring (bicyclic) bond motifs is 1. The van der Waals surface area contributed by atoms with Gasteiger partial charge in [-0.05, 0) is 35.4 Å². The zero-order chi connectivity index (χ0) is 9.97. The number of hydrogen-bond acceptors (Lipinski definition) is 3. The van der Waals surface area contributed by atoms with E-state index in [0.29, 0.717) is 6.54 Å². The second-order valence-corrected chi connectivity index (χ2v) is 4.10. The topological polar surface area (TPSA) is 46.2 Å². The van der Waals surface area contributed by atoms with Gasteiger partial charge >= 0.3 is 7.48 Å². The molecule has 0 aliphatic rings. The van der Waals surface area contributed by atoms with Gasteiger partial charge in [-0.1, -0.05) is 17.6 Å². The van der Waals surface area contributed by atoms with Crippen LogP contribution in [0.25, 0.3) is 10.1 Å². The van der Waals surface area contributed by atoms with Crippen molar-refractivity contribution in [3.63, 3.8) is 0 Å². The van der Waals surface area contributed by atoms with Crippen LogP contribution in [0.4, 0.5) is 0 Å². The lowest BCUT2D eigenvalue weighted by Crippen LogP contribution is -2.11. The molecule has 0 aliphatic carbocycles. The Kier molecular flexibility index (Phi) is 2.86. The molecule has 14 heavy (non-hydrogen) atoms. The van der Waals surface area contributed by atoms with E-state index in [1.54, 1.807) is 11.3 Å². The van der Waals surface area contributed by atoms with Gasteiger partial charge in [0, 0.05) is 4.70 Å². The molecule has 0 unspecified atom stereocenters. The molecule has 0 saturated carbocycles. The summed E-state index contributed by atoms with van der Waals surface area (Å²) in [5, 5.41) is 12.3. The van der Waals surface area contributed by atoms with Gasteiger partial charge in [-0.2, -0.15) is 0 Å². The highest BCUT2D eigenvalue weighted by Crippen LogP contribution is 2.24. The van der Waals surface area contributed by atoms with Gasteiger partial charge in [-0.25, -0.2) is 0 Å². The molecule has 2 nitrogen and oxygen atoms in total. The summed E-state index contributed by atoms with van der Waals surface area (Å²) < 4.78 is 1.20. The molecule has 1 heterocycles. The Labute approximate surface area is 87.6 Å². The van der Waals surface area contributed by atoms with Crippen LogP contribution < -0.4 is 11.2 Å². The van der Waals surface area contributed by atoms with Crippen molar-refractivity contribution in [1.29, 1.82) is 0 Å². The minimum Gasteiger partial charge on any atom is -0.450 e. The van der Waals surface area contributed by atoms with E-state index in [1.165, 1.54) is 15.6 Å². The average Bonchev–Trinajstić information content (AvgIpc) is 2.61. The molecule has 0 fully saturated rings. The Hall–Kier alpha value is -0.835. The number of thiophene rings is 1. The summed E-state index contributed by atoms with van der Waals surface area (Å²) in [7, 11) is 1.13. The Balaban J connectivity index is 2.48. The zero-order valence-corrected chi connectivity index (χ0v) is 8.55. The molecule has 0 spiro atoms. The van der Waals surface area contributed by atoms with Crippen LogP contribution in [0.15, 0.2) is 23.6 Å². The molecular weight excluding hydrogens is 193 g/mol. The standard InChI is InChI=1S/C10H11BNOS/c12-4-3-7-6-14-10-5-8(11-13)1-2-9(7)10/h1-2,5-6,13H,3-4,12H2. The lowest BCUT2D eigenvalue weighted by atomic mass is 9.88. The summed E-state index contributed by atoms with van der Waals surface area (Å²) in [6.07, 6.45) is 0.919. The van der Waals surface area contributed by atoms with E-state index in [4.69, 9.17) is 10.8 Å². The van der Waals surface area contributed by atoms with Crippen molar-refractivity contribution in [2.45, 2.75) is 6.42 Å². The molecule has 0 amide bonds. The van der Waals surface area contributed by atoms with Crippen LogP contribution in [0.1, 0.15) is 5.56 Å². The van der Waals surface area contributed by atoms with Crippen LogP contribution in [0.5, 0.6) is 0 Å². The predicted octanol–water partition coefficient (Wildman–Crippen LogP) is 0.639. The maximum atomic E-state index is 8.87. The lowest BCUT2D eigenvalue weighted by molar-refractivity contribution is 0.615. The lowest BCUT2D eigenvalue weighted by Gasteiger charge is -1.97. The van der Waals surface area contributed by atoms with E-state index >= 15 is 0 Å². The van der Waals surface area contributed by atoms with Gasteiger partial charge in [0.25, 0.3) is 0 Å². The van der Waals surface area contributed by atoms with Gasteiger partial charge in [0.2, 0.25) is 0 Å². The minimum atomic E-state index is 0.680. The second-order valence-electron chi connectivity index (χ2n) is 3.18. The van der Waals surface area contributed by atoms with Gasteiger partial charge in [-0.3, -0.25) is 0 Å². The summed E-state index contributed by atoms with van der Waals surface area (Å²) in [5.41, 5.74) is 7.67. The summed E-state index contributed by atoms with van der Waals surface area (Å²) in [6.45, 7) is 0.680. The van der Waals surface area contributed by atoms with E-state index < -0.39 is 0 Å². The van der Waals surface area contributed by atoms with E-state index in [9.17, 15) is 0 Å². The molecule has 2 rings (SSSR count). The quantitative estimate of drug-likeness (QED) is 0.720. The summed E-state index contributed by atoms with van der Waals surface area (Å²) in [4.78, 5) is 0. The Morgan fingerprint density at radius 1 is 1.43 bits per heavy atom. The third-order valence-electron chi connectivity index (χ3n) is 2.24. The predicted molar refractivity (Wildman–Crippen MR) is 62.2 cm³/mol. The fraction of sp³-hybridized carbons (Fsp3) is 0.200. The van der Waals surface area contributed by atoms with Crippen molar-refractivity contribution in [1.82, 2.24) is 0 Å². The molecular formula is C10H11BNOS. The highest BCUT2D eigenvalue weighted by atomic mass is 32.1. The SMILES string of the molecule is NCCc1csc2cc([B]O)ccc12. The normalized spacial score (nSPS) is 10.7. The summed E-state index contributed by atoms with van der Waals surface area (Å²) in [6, 6.07) is 5.94. The third-order valence-corrected chi connectivity index (χ3v) is 3.24. The Morgan fingerprint density at radius 2 is 2.29 bits per heavy atom. The highest BCUT2D eigenvalue weighted by molar-refractivity contribution is 7.17. The maximum Gasteiger partial charge on any atom is 0.326 e.